The Bertz CT molecular complexity index is 421. The minimum absolute atomic E-state index is 0.186. The molecule has 1 unspecified atom stereocenters. The van der Waals surface area contributed by atoms with Crippen LogP contribution in [0.3, 0.4) is 0 Å². The lowest BCUT2D eigenvalue weighted by molar-refractivity contribution is -0.117. The molecule has 1 amide bonds. The van der Waals surface area contributed by atoms with Crippen LogP contribution in [0.4, 0.5) is 5.69 Å². The number of anilines is 1. The highest BCUT2D eigenvalue weighted by Crippen LogP contribution is 2.30. The number of nitrogens with two attached hydrogens (primary N) is 1. The topological polar surface area (TPSA) is 73.6 Å². The van der Waals surface area contributed by atoms with Gasteiger partial charge in [0.1, 0.15) is 0 Å². The number of carbonyl (C=O) groups is 1. The number of ether oxygens (including phenoxy) is 2. The average molecular weight is 266 g/mol. The van der Waals surface area contributed by atoms with Gasteiger partial charge in [0.25, 0.3) is 0 Å². The Morgan fingerprint density at radius 2 is 2.11 bits per heavy atom. The van der Waals surface area contributed by atoms with Gasteiger partial charge in [0.15, 0.2) is 11.5 Å². The van der Waals surface area contributed by atoms with Gasteiger partial charge in [-0.05, 0) is 25.5 Å². The van der Waals surface area contributed by atoms with Gasteiger partial charge in [0.05, 0.1) is 19.8 Å². The molecule has 5 heteroatoms. The third kappa shape index (κ3) is 4.44. The fourth-order valence-corrected chi connectivity index (χ4v) is 1.70. The molecule has 0 fully saturated rings. The number of carbonyl (C=O) groups excluding carboxylic acids is 1. The summed E-state index contributed by atoms with van der Waals surface area (Å²) >= 11 is 0. The summed E-state index contributed by atoms with van der Waals surface area (Å²) < 4.78 is 10.6. The standard InChI is InChI=1S/C14H22N2O3/c1-4-6-11(15)14(17)16-10-7-8-12(18-3)13(9-10)19-5-2/h7-9,11H,4-6,15H2,1-3H3,(H,16,17). The van der Waals surface area contributed by atoms with Crippen LogP contribution in [0.1, 0.15) is 26.7 Å². The second-order valence-electron chi connectivity index (χ2n) is 4.18. The van der Waals surface area contributed by atoms with Crippen molar-refractivity contribution >= 4 is 11.6 Å². The molecule has 0 aliphatic heterocycles. The first kappa shape index (κ1) is 15.3. The van der Waals surface area contributed by atoms with Crippen molar-refractivity contribution in [1.82, 2.24) is 0 Å². The highest BCUT2D eigenvalue weighted by atomic mass is 16.5. The van der Waals surface area contributed by atoms with Crippen molar-refractivity contribution in [2.45, 2.75) is 32.7 Å². The van der Waals surface area contributed by atoms with E-state index in [4.69, 9.17) is 15.2 Å². The van der Waals surface area contributed by atoms with E-state index in [0.717, 1.165) is 6.42 Å². The largest absolute Gasteiger partial charge is 0.493 e. The zero-order chi connectivity index (χ0) is 14.3. The lowest BCUT2D eigenvalue weighted by atomic mass is 10.1. The first-order chi connectivity index (χ1) is 9.12. The monoisotopic (exact) mass is 266 g/mol. The number of nitrogens with one attached hydrogen (secondary N) is 1. The van der Waals surface area contributed by atoms with Gasteiger partial charge in [-0.2, -0.15) is 0 Å². The summed E-state index contributed by atoms with van der Waals surface area (Å²) in [5.74, 6) is 1.05. The Kier molecular flexibility index (Phi) is 6.15. The molecule has 0 saturated carbocycles. The summed E-state index contributed by atoms with van der Waals surface area (Å²) in [7, 11) is 1.58. The Morgan fingerprint density at radius 1 is 1.37 bits per heavy atom. The number of amides is 1. The summed E-state index contributed by atoms with van der Waals surface area (Å²) in [6, 6.07) is 4.77. The predicted molar refractivity (Wildman–Crippen MR) is 75.7 cm³/mol. The van der Waals surface area contributed by atoms with Gasteiger partial charge >= 0.3 is 0 Å². The van der Waals surface area contributed by atoms with Gasteiger partial charge in [-0.3, -0.25) is 4.79 Å². The Hall–Kier alpha value is -1.75. The molecule has 1 aromatic carbocycles. The van der Waals surface area contributed by atoms with Crippen LogP contribution < -0.4 is 20.5 Å². The van der Waals surface area contributed by atoms with Crippen molar-refractivity contribution < 1.29 is 14.3 Å². The van der Waals surface area contributed by atoms with Gasteiger partial charge in [0.2, 0.25) is 5.91 Å². The first-order valence-electron chi connectivity index (χ1n) is 6.49. The van der Waals surface area contributed by atoms with Crippen molar-refractivity contribution in [3.05, 3.63) is 18.2 Å². The molecule has 106 valence electrons. The summed E-state index contributed by atoms with van der Waals surface area (Å²) in [6.45, 7) is 4.42. The van der Waals surface area contributed by atoms with Crippen LogP contribution in [0.2, 0.25) is 0 Å². The van der Waals surface area contributed by atoms with Crippen LogP contribution in [-0.4, -0.2) is 25.7 Å². The van der Waals surface area contributed by atoms with Crippen LogP contribution in [0.15, 0.2) is 18.2 Å². The molecule has 1 atom stereocenters. The molecule has 0 saturated heterocycles. The molecular weight excluding hydrogens is 244 g/mol. The van der Waals surface area contributed by atoms with Gasteiger partial charge in [-0.15, -0.1) is 0 Å². The molecule has 1 rings (SSSR count). The quantitative estimate of drug-likeness (QED) is 0.793. The molecule has 1 aromatic rings. The highest BCUT2D eigenvalue weighted by molar-refractivity contribution is 5.94. The Morgan fingerprint density at radius 3 is 2.68 bits per heavy atom. The van der Waals surface area contributed by atoms with Gasteiger partial charge < -0.3 is 20.5 Å². The number of hydrogen-bond donors (Lipinski definition) is 2. The van der Waals surface area contributed by atoms with Crippen molar-refractivity contribution in [2.24, 2.45) is 5.73 Å². The maximum atomic E-state index is 11.8. The van der Waals surface area contributed by atoms with Crippen LogP contribution in [0, 0.1) is 0 Å². The van der Waals surface area contributed by atoms with E-state index < -0.39 is 6.04 Å². The molecule has 0 aliphatic rings. The zero-order valence-electron chi connectivity index (χ0n) is 11.7. The third-order valence-electron chi connectivity index (χ3n) is 2.67. The van der Waals surface area contributed by atoms with Crippen LogP contribution >= 0.6 is 0 Å². The Balaban J connectivity index is 2.78. The second-order valence-corrected chi connectivity index (χ2v) is 4.18. The molecule has 0 aliphatic carbocycles. The predicted octanol–water partition coefficient (Wildman–Crippen LogP) is 2.16. The molecule has 3 N–H and O–H groups in total. The van der Waals surface area contributed by atoms with Gasteiger partial charge in [0, 0.05) is 11.8 Å². The number of rotatable bonds is 7. The number of methoxy groups -OCH3 is 1. The van der Waals surface area contributed by atoms with Crippen molar-refractivity contribution in [3.8, 4) is 11.5 Å². The van der Waals surface area contributed by atoms with E-state index in [1.54, 1.807) is 25.3 Å². The third-order valence-corrected chi connectivity index (χ3v) is 2.67. The molecule has 0 heterocycles. The van der Waals surface area contributed by atoms with Gasteiger partial charge in [-0.1, -0.05) is 13.3 Å². The van der Waals surface area contributed by atoms with E-state index in [-0.39, 0.29) is 5.91 Å². The SMILES string of the molecule is CCCC(N)C(=O)Nc1ccc(OC)c(OCC)c1. The molecular formula is C14H22N2O3. The smallest absolute Gasteiger partial charge is 0.241 e. The van der Waals surface area contributed by atoms with E-state index in [1.807, 2.05) is 13.8 Å². The lowest BCUT2D eigenvalue weighted by Crippen LogP contribution is -2.35. The number of hydrogen-bond acceptors (Lipinski definition) is 4. The van der Waals surface area contributed by atoms with E-state index in [9.17, 15) is 4.79 Å². The number of benzene rings is 1. The van der Waals surface area contributed by atoms with E-state index in [1.165, 1.54) is 0 Å². The summed E-state index contributed by atoms with van der Waals surface area (Å²) in [4.78, 5) is 11.8. The second kappa shape index (κ2) is 7.63. The van der Waals surface area contributed by atoms with Crippen molar-refractivity contribution in [2.75, 3.05) is 19.0 Å². The normalized spacial score (nSPS) is 11.8. The molecule has 5 nitrogen and oxygen atoms in total. The van der Waals surface area contributed by atoms with Crippen molar-refractivity contribution in [3.63, 3.8) is 0 Å². The van der Waals surface area contributed by atoms with Crippen LogP contribution in [0.25, 0.3) is 0 Å². The Labute approximate surface area is 114 Å². The first-order valence-corrected chi connectivity index (χ1v) is 6.49. The van der Waals surface area contributed by atoms with Crippen molar-refractivity contribution in [1.29, 1.82) is 0 Å². The summed E-state index contributed by atoms with van der Waals surface area (Å²) in [5, 5.41) is 2.78. The zero-order valence-corrected chi connectivity index (χ0v) is 11.7. The molecule has 0 spiro atoms. The van der Waals surface area contributed by atoms with Gasteiger partial charge in [-0.25, -0.2) is 0 Å². The molecule has 0 aromatic heterocycles. The molecule has 0 bridgehead atoms. The summed E-state index contributed by atoms with van der Waals surface area (Å²) in [6.07, 6.45) is 1.54. The average Bonchev–Trinajstić information content (AvgIpc) is 2.39. The fraction of sp³-hybridized carbons (Fsp3) is 0.500. The summed E-state index contributed by atoms with van der Waals surface area (Å²) in [5.41, 5.74) is 6.41. The fourth-order valence-electron chi connectivity index (χ4n) is 1.70. The highest BCUT2D eigenvalue weighted by Gasteiger charge is 2.13. The van der Waals surface area contributed by atoms with E-state index >= 15 is 0 Å². The molecule has 19 heavy (non-hydrogen) atoms. The lowest BCUT2D eigenvalue weighted by Gasteiger charge is -2.14. The minimum atomic E-state index is -0.484. The van der Waals surface area contributed by atoms with Crippen LogP contribution in [0.5, 0.6) is 11.5 Å². The minimum Gasteiger partial charge on any atom is -0.493 e. The molecule has 0 radical (unpaired) electrons. The van der Waals surface area contributed by atoms with E-state index in [0.29, 0.717) is 30.2 Å². The maximum absolute atomic E-state index is 11.8. The van der Waals surface area contributed by atoms with E-state index in [2.05, 4.69) is 5.32 Å². The van der Waals surface area contributed by atoms with Crippen LogP contribution in [-0.2, 0) is 4.79 Å². The maximum Gasteiger partial charge on any atom is 0.241 e.